The van der Waals surface area contributed by atoms with E-state index in [9.17, 15) is 9.59 Å². The van der Waals surface area contributed by atoms with Gasteiger partial charge in [0.05, 0.1) is 13.5 Å². The molecule has 0 amide bonds. The molecular formula is C12H18O4S. The van der Waals surface area contributed by atoms with Crippen molar-refractivity contribution in [2.24, 2.45) is 5.92 Å². The topological polar surface area (TPSA) is 63.6 Å². The van der Waals surface area contributed by atoms with E-state index in [1.165, 1.54) is 7.11 Å². The van der Waals surface area contributed by atoms with E-state index in [2.05, 4.69) is 4.74 Å². The van der Waals surface area contributed by atoms with Crippen LogP contribution in [0.2, 0.25) is 0 Å². The molecule has 0 bridgehead atoms. The Morgan fingerprint density at radius 2 is 2.35 bits per heavy atom. The Bertz CT molecular complexity index is 312. The average Bonchev–Trinajstić information content (AvgIpc) is 2.34. The summed E-state index contributed by atoms with van der Waals surface area (Å²) in [5, 5.41) is 8.90. The summed E-state index contributed by atoms with van der Waals surface area (Å²) in [7, 11) is 1.39. The fourth-order valence-corrected chi connectivity index (χ4v) is 2.91. The molecule has 0 aliphatic heterocycles. The van der Waals surface area contributed by atoms with Gasteiger partial charge in [-0.3, -0.25) is 4.79 Å². The Balaban J connectivity index is 2.19. The van der Waals surface area contributed by atoms with Gasteiger partial charge in [0.25, 0.3) is 0 Å². The standard InChI is InChI=1S/C12H18O4S/c1-16-11(13)5-6-17-8-9-3-2-4-10(7-9)12(14)15/h4,9H,2-3,5-8H2,1H3,(H,14,15)/t9-/m0/s1. The summed E-state index contributed by atoms with van der Waals surface area (Å²) in [6.45, 7) is 0. The number of thioether (sulfide) groups is 1. The van der Waals surface area contributed by atoms with Crippen molar-refractivity contribution in [3.05, 3.63) is 11.6 Å². The van der Waals surface area contributed by atoms with Gasteiger partial charge < -0.3 is 9.84 Å². The average molecular weight is 258 g/mol. The number of carbonyl (C=O) groups is 2. The van der Waals surface area contributed by atoms with Gasteiger partial charge in [0.1, 0.15) is 0 Å². The molecule has 0 heterocycles. The first kappa shape index (κ1) is 14.1. The van der Waals surface area contributed by atoms with Crippen LogP contribution in [0.3, 0.4) is 0 Å². The zero-order chi connectivity index (χ0) is 12.7. The van der Waals surface area contributed by atoms with Crippen molar-refractivity contribution >= 4 is 23.7 Å². The summed E-state index contributed by atoms with van der Waals surface area (Å²) >= 11 is 1.70. The van der Waals surface area contributed by atoms with Crippen LogP contribution in [0.1, 0.15) is 25.7 Å². The van der Waals surface area contributed by atoms with Gasteiger partial charge in [0, 0.05) is 11.3 Å². The molecule has 0 aromatic carbocycles. The highest BCUT2D eigenvalue weighted by Crippen LogP contribution is 2.27. The lowest BCUT2D eigenvalue weighted by atomic mass is 9.90. The number of rotatable bonds is 6. The number of esters is 1. The minimum Gasteiger partial charge on any atom is -0.478 e. The maximum Gasteiger partial charge on any atom is 0.331 e. The van der Waals surface area contributed by atoms with Gasteiger partial charge in [-0.25, -0.2) is 4.79 Å². The van der Waals surface area contributed by atoms with E-state index in [-0.39, 0.29) is 5.97 Å². The molecule has 0 unspecified atom stereocenters. The van der Waals surface area contributed by atoms with Gasteiger partial charge in [-0.1, -0.05) is 6.08 Å². The monoisotopic (exact) mass is 258 g/mol. The van der Waals surface area contributed by atoms with Crippen LogP contribution in [0.15, 0.2) is 11.6 Å². The highest BCUT2D eigenvalue weighted by atomic mass is 32.2. The molecule has 1 N–H and O–H groups in total. The second-order valence-electron chi connectivity index (χ2n) is 4.08. The van der Waals surface area contributed by atoms with Crippen LogP contribution in [-0.4, -0.2) is 35.7 Å². The van der Waals surface area contributed by atoms with E-state index in [1.807, 2.05) is 6.08 Å². The van der Waals surface area contributed by atoms with E-state index in [4.69, 9.17) is 5.11 Å². The Labute approximate surface area is 105 Å². The first-order chi connectivity index (χ1) is 8.13. The number of methoxy groups -OCH3 is 1. The fraction of sp³-hybridized carbons (Fsp3) is 0.667. The first-order valence-corrected chi connectivity index (χ1v) is 6.86. The van der Waals surface area contributed by atoms with Crippen LogP contribution >= 0.6 is 11.8 Å². The highest BCUT2D eigenvalue weighted by Gasteiger charge is 2.19. The van der Waals surface area contributed by atoms with Crippen molar-refractivity contribution in [3.63, 3.8) is 0 Å². The van der Waals surface area contributed by atoms with Crippen molar-refractivity contribution in [2.75, 3.05) is 18.6 Å². The molecule has 0 aromatic heterocycles. The van der Waals surface area contributed by atoms with E-state index < -0.39 is 5.97 Å². The SMILES string of the molecule is COC(=O)CCSC[C@H]1CCC=C(C(=O)O)C1. The molecule has 0 saturated heterocycles. The maximum atomic E-state index is 10.9. The summed E-state index contributed by atoms with van der Waals surface area (Å²) in [6, 6.07) is 0. The molecule has 0 spiro atoms. The van der Waals surface area contributed by atoms with Gasteiger partial charge in [0.15, 0.2) is 0 Å². The van der Waals surface area contributed by atoms with Crippen LogP contribution in [0.25, 0.3) is 0 Å². The van der Waals surface area contributed by atoms with E-state index in [1.54, 1.807) is 11.8 Å². The Morgan fingerprint density at radius 3 is 3.00 bits per heavy atom. The molecule has 96 valence electrons. The second kappa shape index (κ2) is 7.37. The zero-order valence-electron chi connectivity index (χ0n) is 9.98. The second-order valence-corrected chi connectivity index (χ2v) is 5.23. The molecule has 0 aromatic rings. The molecular weight excluding hydrogens is 240 g/mol. The third-order valence-corrected chi connectivity index (χ3v) is 3.98. The number of ether oxygens (including phenoxy) is 1. The van der Waals surface area contributed by atoms with E-state index in [0.717, 1.165) is 24.3 Å². The van der Waals surface area contributed by atoms with Crippen molar-refractivity contribution in [3.8, 4) is 0 Å². The molecule has 1 rings (SSSR count). The number of allylic oxidation sites excluding steroid dienone is 1. The molecule has 0 saturated carbocycles. The minimum absolute atomic E-state index is 0.188. The highest BCUT2D eigenvalue weighted by molar-refractivity contribution is 7.99. The molecule has 1 aliphatic carbocycles. The number of aliphatic carboxylic acids is 1. The number of carboxylic acid groups (broad SMARTS) is 1. The minimum atomic E-state index is -0.797. The summed E-state index contributed by atoms with van der Waals surface area (Å²) in [6.07, 6.45) is 4.79. The van der Waals surface area contributed by atoms with Crippen LogP contribution in [-0.2, 0) is 14.3 Å². The van der Waals surface area contributed by atoms with Gasteiger partial charge in [-0.2, -0.15) is 11.8 Å². The van der Waals surface area contributed by atoms with Gasteiger partial charge in [0.2, 0.25) is 0 Å². The number of carboxylic acids is 1. The normalized spacial score (nSPS) is 19.6. The molecule has 17 heavy (non-hydrogen) atoms. The molecule has 5 heteroatoms. The molecule has 4 nitrogen and oxygen atoms in total. The Morgan fingerprint density at radius 1 is 1.59 bits per heavy atom. The lowest BCUT2D eigenvalue weighted by Crippen LogP contribution is -2.14. The van der Waals surface area contributed by atoms with Gasteiger partial charge >= 0.3 is 11.9 Å². The number of hydrogen-bond acceptors (Lipinski definition) is 4. The van der Waals surface area contributed by atoms with E-state index >= 15 is 0 Å². The third kappa shape index (κ3) is 5.26. The molecule has 0 radical (unpaired) electrons. The van der Waals surface area contributed by atoms with Gasteiger partial charge in [-0.05, 0) is 30.9 Å². The summed E-state index contributed by atoms with van der Waals surface area (Å²) < 4.78 is 4.55. The molecule has 1 atom stereocenters. The van der Waals surface area contributed by atoms with Crippen molar-refractivity contribution in [1.29, 1.82) is 0 Å². The van der Waals surface area contributed by atoms with Crippen LogP contribution in [0.5, 0.6) is 0 Å². The number of hydrogen-bond donors (Lipinski definition) is 1. The maximum absolute atomic E-state index is 10.9. The largest absolute Gasteiger partial charge is 0.478 e. The van der Waals surface area contributed by atoms with E-state index in [0.29, 0.717) is 24.3 Å². The quantitative estimate of drug-likeness (QED) is 0.584. The van der Waals surface area contributed by atoms with Crippen LogP contribution in [0, 0.1) is 5.92 Å². The Hall–Kier alpha value is -0.970. The zero-order valence-corrected chi connectivity index (χ0v) is 10.8. The lowest BCUT2D eigenvalue weighted by molar-refractivity contribution is -0.140. The third-order valence-electron chi connectivity index (χ3n) is 2.78. The molecule has 1 aliphatic rings. The van der Waals surface area contributed by atoms with Crippen molar-refractivity contribution in [2.45, 2.75) is 25.7 Å². The Kier molecular flexibility index (Phi) is 6.11. The fourth-order valence-electron chi connectivity index (χ4n) is 1.81. The van der Waals surface area contributed by atoms with Crippen molar-refractivity contribution in [1.82, 2.24) is 0 Å². The number of carbonyl (C=O) groups excluding carboxylic acids is 1. The lowest BCUT2D eigenvalue weighted by Gasteiger charge is -2.20. The van der Waals surface area contributed by atoms with Crippen molar-refractivity contribution < 1.29 is 19.4 Å². The predicted octanol–water partition coefficient (Wildman–Crippen LogP) is 2.09. The summed E-state index contributed by atoms with van der Waals surface area (Å²) in [5.41, 5.74) is 0.537. The predicted molar refractivity (Wildman–Crippen MR) is 67.0 cm³/mol. The summed E-state index contributed by atoms with van der Waals surface area (Å²) in [5.74, 6) is 1.10. The summed E-state index contributed by atoms with van der Waals surface area (Å²) in [4.78, 5) is 21.7. The van der Waals surface area contributed by atoms with Gasteiger partial charge in [-0.15, -0.1) is 0 Å². The molecule has 0 fully saturated rings. The van der Waals surface area contributed by atoms with Crippen LogP contribution < -0.4 is 0 Å². The van der Waals surface area contributed by atoms with Crippen LogP contribution in [0.4, 0.5) is 0 Å². The first-order valence-electron chi connectivity index (χ1n) is 5.70. The smallest absolute Gasteiger partial charge is 0.331 e.